The third-order valence-electron chi connectivity index (χ3n) is 8.51. The van der Waals surface area contributed by atoms with E-state index in [9.17, 15) is 9.59 Å². The molecular formula is C38H44Cl2N4O8. The third kappa shape index (κ3) is 10.7. The van der Waals surface area contributed by atoms with E-state index < -0.39 is 11.9 Å². The summed E-state index contributed by atoms with van der Waals surface area (Å²) in [6.07, 6.45) is -0.0362. The van der Waals surface area contributed by atoms with Crippen LogP contribution >= 0.6 is 23.2 Å². The molecule has 0 radical (unpaired) electrons. The third-order valence-corrected chi connectivity index (χ3v) is 9.05. The number of aromatic nitrogens is 2. The molecule has 12 nitrogen and oxygen atoms in total. The summed E-state index contributed by atoms with van der Waals surface area (Å²) >= 11 is 13.1. The molecular weight excluding hydrogens is 711 g/mol. The van der Waals surface area contributed by atoms with E-state index in [1.165, 1.54) is 14.2 Å². The highest BCUT2D eigenvalue weighted by atomic mass is 35.5. The molecule has 0 aliphatic rings. The molecule has 14 heteroatoms. The number of carboxylic acid groups (broad SMARTS) is 2. The second kappa shape index (κ2) is 18.7. The molecule has 2 heterocycles. The number of methoxy groups -OCH3 is 2. The summed E-state index contributed by atoms with van der Waals surface area (Å²) in [4.78, 5) is 31.0. The first-order valence-corrected chi connectivity index (χ1v) is 17.4. The van der Waals surface area contributed by atoms with Crippen molar-refractivity contribution in [3.63, 3.8) is 0 Å². The molecule has 0 amide bonds. The molecule has 0 saturated carbocycles. The van der Waals surface area contributed by atoms with E-state index in [0.717, 1.165) is 33.4 Å². The van der Waals surface area contributed by atoms with Crippen LogP contribution in [0.2, 0.25) is 10.0 Å². The minimum Gasteiger partial charge on any atom is -0.481 e. The lowest BCUT2D eigenvalue weighted by molar-refractivity contribution is -0.138. The Bertz CT molecular complexity index is 1760. The maximum atomic E-state index is 11.0. The van der Waals surface area contributed by atoms with Crippen LogP contribution < -0.4 is 29.6 Å². The lowest BCUT2D eigenvalue weighted by atomic mass is 9.92. The molecule has 278 valence electrons. The van der Waals surface area contributed by atoms with E-state index in [4.69, 9.17) is 52.4 Å². The fraction of sp³-hybridized carbons (Fsp3) is 0.368. The number of ether oxygens (including phenoxy) is 4. The van der Waals surface area contributed by atoms with Gasteiger partial charge in [0.2, 0.25) is 23.5 Å². The van der Waals surface area contributed by atoms with Gasteiger partial charge < -0.3 is 39.8 Å². The van der Waals surface area contributed by atoms with E-state index >= 15 is 0 Å². The average Bonchev–Trinajstić information content (AvgIpc) is 3.09. The van der Waals surface area contributed by atoms with Crippen molar-refractivity contribution in [2.45, 2.75) is 78.9 Å². The molecule has 0 fully saturated rings. The van der Waals surface area contributed by atoms with Crippen molar-refractivity contribution in [2.24, 2.45) is 0 Å². The highest BCUT2D eigenvalue weighted by Gasteiger charge is 2.18. The Morgan fingerprint density at radius 2 is 1.06 bits per heavy atom. The summed E-state index contributed by atoms with van der Waals surface area (Å²) in [5.74, 6) is -0.658. The quantitative estimate of drug-likeness (QED) is 0.0767. The molecule has 4 rings (SSSR count). The summed E-state index contributed by atoms with van der Waals surface area (Å²) in [5, 5.41) is 25.0. The van der Waals surface area contributed by atoms with Crippen LogP contribution in [0.4, 0.5) is 0 Å². The molecule has 0 bridgehead atoms. The Morgan fingerprint density at radius 1 is 0.673 bits per heavy atom. The van der Waals surface area contributed by atoms with E-state index in [1.807, 2.05) is 38.1 Å². The number of aliphatic carboxylic acids is 2. The number of rotatable bonds is 19. The van der Waals surface area contributed by atoms with Gasteiger partial charge >= 0.3 is 11.9 Å². The monoisotopic (exact) mass is 754 g/mol. The van der Waals surface area contributed by atoms with E-state index in [0.29, 0.717) is 46.0 Å². The summed E-state index contributed by atoms with van der Waals surface area (Å²) in [7, 11) is 3.01. The highest BCUT2D eigenvalue weighted by molar-refractivity contribution is 6.32. The van der Waals surface area contributed by atoms with Crippen LogP contribution in [-0.4, -0.2) is 58.4 Å². The van der Waals surface area contributed by atoms with Crippen molar-refractivity contribution >= 4 is 35.1 Å². The molecule has 52 heavy (non-hydrogen) atoms. The number of hydrogen-bond donors (Lipinski definition) is 4. The lowest BCUT2D eigenvalue weighted by Gasteiger charge is -2.18. The summed E-state index contributed by atoms with van der Waals surface area (Å²) in [5.41, 5.74) is 7.35. The van der Waals surface area contributed by atoms with E-state index in [1.54, 1.807) is 26.0 Å². The van der Waals surface area contributed by atoms with Crippen LogP contribution in [0, 0.1) is 13.8 Å². The largest absolute Gasteiger partial charge is 0.481 e. The molecule has 4 aromatic rings. The Hall–Kier alpha value is -4.62. The number of carbonyl (C=O) groups is 2. The normalized spacial score (nSPS) is 12.2. The number of benzene rings is 2. The topological polar surface area (TPSA) is 161 Å². The van der Waals surface area contributed by atoms with Gasteiger partial charge in [-0.05, 0) is 73.2 Å². The fourth-order valence-corrected chi connectivity index (χ4v) is 6.05. The van der Waals surface area contributed by atoms with Crippen molar-refractivity contribution in [3.8, 4) is 34.6 Å². The molecule has 2 aromatic carbocycles. The Kier molecular flexibility index (Phi) is 14.5. The maximum Gasteiger partial charge on any atom is 0.304 e. The summed E-state index contributed by atoms with van der Waals surface area (Å²) < 4.78 is 23.1. The van der Waals surface area contributed by atoms with Gasteiger partial charge in [0.05, 0.1) is 27.1 Å². The zero-order valence-electron chi connectivity index (χ0n) is 30.0. The van der Waals surface area contributed by atoms with Crippen LogP contribution in [0.5, 0.6) is 23.5 Å². The number of nitrogens with one attached hydrogen (secondary N) is 2. The molecule has 0 aliphatic heterocycles. The molecule has 2 aromatic heterocycles. The fourth-order valence-electron chi connectivity index (χ4n) is 5.59. The van der Waals surface area contributed by atoms with Gasteiger partial charge in [-0.2, -0.15) is 9.97 Å². The Labute approximate surface area is 313 Å². The van der Waals surface area contributed by atoms with Crippen LogP contribution in [0.3, 0.4) is 0 Å². The predicted octanol–water partition coefficient (Wildman–Crippen LogP) is 7.15. The minimum atomic E-state index is -0.886. The second-order valence-corrected chi connectivity index (χ2v) is 13.2. The second-order valence-electron chi connectivity index (χ2n) is 12.4. The van der Waals surface area contributed by atoms with Crippen LogP contribution in [0.1, 0.15) is 60.1 Å². The number of pyridine rings is 2. The van der Waals surface area contributed by atoms with Gasteiger partial charge in [-0.1, -0.05) is 59.6 Å². The van der Waals surface area contributed by atoms with Gasteiger partial charge in [0.25, 0.3) is 0 Å². The predicted molar refractivity (Wildman–Crippen MR) is 199 cm³/mol. The first-order valence-electron chi connectivity index (χ1n) is 16.6. The molecule has 0 spiro atoms. The van der Waals surface area contributed by atoms with Crippen molar-refractivity contribution < 1.29 is 38.7 Å². The van der Waals surface area contributed by atoms with Crippen LogP contribution in [-0.2, 0) is 35.9 Å². The van der Waals surface area contributed by atoms with Gasteiger partial charge in [-0.15, -0.1) is 0 Å². The maximum absolute atomic E-state index is 11.0. The Morgan fingerprint density at radius 3 is 1.40 bits per heavy atom. The van der Waals surface area contributed by atoms with E-state index in [-0.39, 0.29) is 49.9 Å². The van der Waals surface area contributed by atoms with E-state index in [2.05, 4.69) is 32.7 Å². The van der Waals surface area contributed by atoms with Gasteiger partial charge in [0.15, 0.2) is 0 Å². The summed E-state index contributed by atoms with van der Waals surface area (Å²) in [6, 6.07) is 14.9. The first-order chi connectivity index (χ1) is 24.8. The first kappa shape index (κ1) is 40.2. The number of hydrogen-bond acceptors (Lipinski definition) is 10. The molecule has 0 saturated heterocycles. The van der Waals surface area contributed by atoms with Gasteiger partial charge in [-0.25, -0.2) is 0 Å². The summed E-state index contributed by atoms with van der Waals surface area (Å²) in [6.45, 7) is 8.72. The lowest BCUT2D eigenvalue weighted by Crippen LogP contribution is -2.28. The van der Waals surface area contributed by atoms with Crippen molar-refractivity contribution in [2.75, 3.05) is 14.2 Å². The number of halogens is 2. The zero-order chi connectivity index (χ0) is 37.9. The van der Waals surface area contributed by atoms with Crippen LogP contribution in [0.25, 0.3) is 11.1 Å². The zero-order valence-corrected chi connectivity index (χ0v) is 31.5. The number of carboxylic acids is 2. The van der Waals surface area contributed by atoms with Crippen molar-refractivity contribution in [1.82, 2.24) is 20.6 Å². The van der Waals surface area contributed by atoms with Crippen molar-refractivity contribution in [1.29, 1.82) is 0 Å². The van der Waals surface area contributed by atoms with Gasteiger partial charge in [0.1, 0.15) is 23.3 Å². The highest BCUT2D eigenvalue weighted by Crippen LogP contribution is 2.34. The van der Waals surface area contributed by atoms with Gasteiger partial charge in [-0.3, -0.25) is 9.59 Å². The minimum absolute atomic E-state index is 0.0181. The molecule has 2 atom stereocenters. The Balaban J connectivity index is 1.47. The van der Waals surface area contributed by atoms with Gasteiger partial charge in [0, 0.05) is 36.3 Å². The standard InChI is InChI=1S/C38H44Cl2N4O8/c1-21(13-33(45)46)41-17-27-15-31(39)37(43-35(27)49-5)51-19-25-9-7-11-29(23(25)3)30-12-8-10-26(24(30)4)20-52-38-32(40)16-28(36(44-38)50-6)18-42-22(2)14-34(47)48/h7-12,15-16,21-22,41-42H,13-14,17-20H2,1-6H3,(H,45,46)(H,47,48). The number of nitrogens with zero attached hydrogens (tertiary/aromatic N) is 2. The van der Waals surface area contributed by atoms with Crippen molar-refractivity contribution in [3.05, 3.63) is 92.0 Å². The molecule has 4 N–H and O–H groups in total. The SMILES string of the molecule is COc1nc(OCc2cccc(-c3cccc(COc4nc(OC)c(CNC(C)CC(=O)O)cc4Cl)c3C)c2C)c(Cl)cc1CNC(C)CC(=O)O. The molecule has 0 aliphatic carbocycles. The van der Waals surface area contributed by atoms with Crippen LogP contribution in [0.15, 0.2) is 48.5 Å². The smallest absolute Gasteiger partial charge is 0.304 e. The average molecular weight is 756 g/mol. The molecule has 2 unspecified atom stereocenters.